The molecule has 0 amide bonds. The lowest BCUT2D eigenvalue weighted by molar-refractivity contribution is 0.426. The van der Waals surface area contributed by atoms with Crippen LogP contribution in [0.3, 0.4) is 0 Å². The highest BCUT2D eigenvalue weighted by atomic mass is 16.5. The van der Waals surface area contributed by atoms with Crippen molar-refractivity contribution in [2.75, 3.05) is 0 Å². The standard InChI is InChI=1S/C26H22N4O/c1-19-25(18-30-17-24(27-29-30)16-20-8-4-2-5-9-20)26(31-28-19)23-14-12-22(13-15-23)21-10-6-3-7-11-21/h2-15,17H,16,18H2,1H3. The van der Waals surface area contributed by atoms with E-state index >= 15 is 0 Å². The van der Waals surface area contributed by atoms with Crippen LogP contribution >= 0.6 is 0 Å². The summed E-state index contributed by atoms with van der Waals surface area (Å²) in [6.45, 7) is 2.52. The Bertz CT molecular complexity index is 1270. The van der Waals surface area contributed by atoms with Gasteiger partial charge in [-0.25, -0.2) is 4.68 Å². The molecule has 152 valence electrons. The van der Waals surface area contributed by atoms with Crippen LogP contribution in [-0.4, -0.2) is 20.2 Å². The molecule has 2 heterocycles. The third-order valence-corrected chi connectivity index (χ3v) is 5.37. The van der Waals surface area contributed by atoms with Crippen molar-refractivity contribution in [1.29, 1.82) is 0 Å². The van der Waals surface area contributed by atoms with E-state index in [0.29, 0.717) is 6.54 Å². The molecular weight excluding hydrogens is 384 g/mol. The summed E-state index contributed by atoms with van der Waals surface area (Å²) in [5.74, 6) is 0.775. The lowest BCUT2D eigenvalue weighted by atomic mass is 10.0. The molecule has 5 rings (SSSR count). The van der Waals surface area contributed by atoms with Crippen LogP contribution in [0.25, 0.3) is 22.5 Å². The molecule has 0 saturated heterocycles. The van der Waals surface area contributed by atoms with Gasteiger partial charge in [-0.15, -0.1) is 5.10 Å². The zero-order valence-corrected chi connectivity index (χ0v) is 17.3. The van der Waals surface area contributed by atoms with Gasteiger partial charge in [0.1, 0.15) is 0 Å². The lowest BCUT2D eigenvalue weighted by Gasteiger charge is -2.05. The molecule has 0 unspecified atom stereocenters. The first-order chi connectivity index (χ1) is 15.3. The Labute approximate surface area is 181 Å². The van der Waals surface area contributed by atoms with E-state index in [1.807, 2.05) is 54.2 Å². The van der Waals surface area contributed by atoms with Gasteiger partial charge >= 0.3 is 0 Å². The van der Waals surface area contributed by atoms with Gasteiger partial charge in [-0.3, -0.25) is 0 Å². The first kappa shape index (κ1) is 19.0. The van der Waals surface area contributed by atoms with Crippen LogP contribution in [0.2, 0.25) is 0 Å². The topological polar surface area (TPSA) is 56.7 Å². The quantitative estimate of drug-likeness (QED) is 0.371. The zero-order valence-electron chi connectivity index (χ0n) is 17.3. The van der Waals surface area contributed by atoms with Crippen LogP contribution in [0.4, 0.5) is 0 Å². The summed E-state index contributed by atoms with van der Waals surface area (Å²) in [6, 6.07) is 29.0. The number of hydrogen-bond donors (Lipinski definition) is 0. The molecule has 31 heavy (non-hydrogen) atoms. The Morgan fingerprint density at radius 1 is 0.774 bits per heavy atom. The number of nitrogens with zero attached hydrogens (tertiary/aromatic N) is 4. The van der Waals surface area contributed by atoms with Crippen molar-refractivity contribution < 1.29 is 4.52 Å². The highest BCUT2D eigenvalue weighted by Gasteiger charge is 2.16. The summed E-state index contributed by atoms with van der Waals surface area (Å²) in [5, 5.41) is 12.9. The molecule has 0 aliphatic carbocycles. The Hall–Kier alpha value is -3.99. The Morgan fingerprint density at radius 3 is 2.16 bits per heavy atom. The number of aromatic nitrogens is 4. The minimum absolute atomic E-state index is 0.562. The van der Waals surface area contributed by atoms with Crippen LogP contribution in [0.15, 0.2) is 95.6 Å². The van der Waals surface area contributed by atoms with E-state index < -0.39 is 0 Å². The molecule has 5 heteroatoms. The minimum atomic E-state index is 0.562. The molecule has 5 nitrogen and oxygen atoms in total. The van der Waals surface area contributed by atoms with Crippen molar-refractivity contribution in [3.8, 4) is 22.5 Å². The lowest BCUT2D eigenvalue weighted by Crippen LogP contribution is -2.02. The van der Waals surface area contributed by atoms with Gasteiger partial charge in [0.15, 0.2) is 5.76 Å². The van der Waals surface area contributed by atoms with Crippen molar-refractivity contribution in [2.45, 2.75) is 19.9 Å². The second kappa shape index (κ2) is 8.40. The summed E-state index contributed by atoms with van der Waals surface area (Å²) in [7, 11) is 0. The van der Waals surface area contributed by atoms with Crippen molar-refractivity contribution in [3.63, 3.8) is 0 Å². The molecule has 0 bridgehead atoms. The molecule has 0 aliphatic rings. The highest BCUT2D eigenvalue weighted by Crippen LogP contribution is 2.29. The van der Waals surface area contributed by atoms with Gasteiger partial charge in [0.2, 0.25) is 0 Å². The fourth-order valence-electron chi connectivity index (χ4n) is 3.71. The summed E-state index contributed by atoms with van der Waals surface area (Å²) in [6.07, 6.45) is 2.75. The smallest absolute Gasteiger partial charge is 0.172 e. The first-order valence-electron chi connectivity index (χ1n) is 10.3. The summed E-state index contributed by atoms with van der Waals surface area (Å²) < 4.78 is 7.54. The largest absolute Gasteiger partial charge is 0.356 e. The Kier molecular flexibility index (Phi) is 5.15. The van der Waals surface area contributed by atoms with Gasteiger partial charge in [-0.05, 0) is 23.6 Å². The normalized spacial score (nSPS) is 11.0. The predicted molar refractivity (Wildman–Crippen MR) is 120 cm³/mol. The second-order valence-electron chi connectivity index (χ2n) is 7.59. The van der Waals surface area contributed by atoms with Crippen LogP contribution in [0.1, 0.15) is 22.5 Å². The SMILES string of the molecule is Cc1noc(-c2ccc(-c3ccccc3)cc2)c1Cn1cc(Cc2ccccc2)nn1. The minimum Gasteiger partial charge on any atom is -0.356 e. The average Bonchev–Trinajstić information content (AvgIpc) is 3.42. The number of hydrogen-bond acceptors (Lipinski definition) is 4. The van der Waals surface area contributed by atoms with Gasteiger partial charge < -0.3 is 4.52 Å². The molecule has 0 aliphatic heterocycles. The molecule has 3 aromatic carbocycles. The first-order valence-corrected chi connectivity index (χ1v) is 10.3. The zero-order chi connectivity index (χ0) is 21.0. The molecule has 0 N–H and O–H groups in total. The monoisotopic (exact) mass is 406 g/mol. The average molecular weight is 406 g/mol. The van der Waals surface area contributed by atoms with E-state index in [-0.39, 0.29) is 0 Å². The maximum absolute atomic E-state index is 5.69. The van der Waals surface area contributed by atoms with Crippen molar-refractivity contribution >= 4 is 0 Å². The third-order valence-electron chi connectivity index (χ3n) is 5.37. The third kappa shape index (κ3) is 4.16. The van der Waals surface area contributed by atoms with Gasteiger partial charge in [-0.1, -0.05) is 95.3 Å². The number of rotatable bonds is 6. The fraction of sp³-hybridized carbons (Fsp3) is 0.115. The maximum atomic E-state index is 5.69. The van der Waals surface area contributed by atoms with Gasteiger partial charge in [0.05, 0.1) is 17.9 Å². The van der Waals surface area contributed by atoms with Gasteiger partial charge in [-0.2, -0.15) is 0 Å². The predicted octanol–water partition coefficient (Wildman–Crippen LogP) is 5.55. The van der Waals surface area contributed by atoms with E-state index in [2.05, 4.69) is 64.0 Å². The fourth-order valence-corrected chi connectivity index (χ4v) is 3.71. The van der Waals surface area contributed by atoms with Crippen molar-refractivity contribution in [1.82, 2.24) is 20.2 Å². The van der Waals surface area contributed by atoms with E-state index in [4.69, 9.17) is 4.52 Å². The van der Waals surface area contributed by atoms with Crippen LogP contribution in [0.5, 0.6) is 0 Å². The molecule has 0 spiro atoms. The Morgan fingerprint density at radius 2 is 1.42 bits per heavy atom. The van der Waals surface area contributed by atoms with E-state index in [1.54, 1.807) is 0 Å². The summed E-state index contributed by atoms with van der Waals surface area (Å²) in [5.41, 5.74) is 7.40. The van der Waals surface area contributed by atoms with Crippen LogP contribution in [0, 0.1) is 6.92 Å². The van der Waals surface area contributed by atoms with Crippen LogP contribution < -0.4 is 0 Å². The van der Waals surface area contributed by atoms with Gasteiger partial charge in [0, 0.05) is 23.7 Å². The maximum Gasteiger partial charge on any atom is 0.172 e. The van der Waals surface area contributed by atoms with Crippen molar-refractivity contribution in [3.05, 3.63) is 114 Å². The second-order valence-corrected chi connectivity index (χ2v) is 7.59. The van der Waals surface area contributed by atoms with E-state index in [9.17, 15) is 0 Å². The summed E-state index contributed by atoms with van der Waals surface area (Å²) >= 11 is 0. The van der Waals surface area contributed by atoms with Crippen molar-refractivity contribution in [2.24, 2.45) is 0 Å². The molecule has 0 atom stereocenters. The van der Waals surface area contributed by atoms with Crippen LogP contribution in [-0.2, 0) is 13.0 Å². The number of benzene rings is 3. The van der Waals surface area contributed by atoms with E-state index in [0.717, 1.165) is 34.7 Å². The number of aryl methyl sites for hydroxylation is 1. The Balaban J connectivity index is 1.37. The molecule has 0 radical (unpaired) electrons. The highest BCUT2D eigenvalue weighted by molar-refractivity contribution is 5.69. The van der Waals surface area contributed by atoms with E-state index in [1.165, 1.54) is 16.7 Å². The van der Waals surface area contributed by atoms with Gasteiger partial charge in [0.25, 0.3) is 0 Å². The molecule has 0 saturated carbocycles. The summed E-state index contributed by atoms with van der Waals surface area (Å²) in [4.78, 5) is 0. The molecule has 2 aromatic heterocycles. The molecule has 5 aromatic rings. The molecular formula is C26H22N4O. The molecule has 0 fully saturated rings.